The Morgan fingerprint density at radius 3 is 2.67 bits per heavy atom. The minimum atomic E-state index is -0.771. The first-order valence-corrected chi connectivity index (χ1v) is 8.19. The average Bonchev–Trinajstić information content (AvgIpc) is 3.04. The van der Waals surface area contributed by atoms with Crippen LogP contribution in [0.4, 0.5) is 5.82 Å². The van der Waals surface area contributed by atoms with E-state index in [1.807, 2.05) is 0 Å². The van der Waals surface area contributed by atoms with Gasteiger partial charge in [-0.05, 0) is 6.07 Å². The van der Waals surface area contributed by atoms with Crippen molar-refractivity contribution in [2.45, 2.75) is 5.92 Å². The molecule has 1 unspecified atom stereocenters. The van der Waals surface area contributed by atoms with E-state index in [4.69, 9.17) is 14.2 Å². The van der Waals surface area contributed by atoms with E-state index in [1.54, 1.807) is 18.2 Å². The second kappa shape index (κ2) is 6.04. The number of hydrogen-bond acceptors (Lipinski definition) is 7. The van der Waals surface area contributed by atoms with E-state index in [0.717, 1.165) is 0 Å². The molecule has 9 nitrogen and oxygen atoms in total. The fourth-order valence-corrected chi connectivity index (χ4v) is 3.61. The first kappa shape index (κ1) is 17.0. The van der Waals surface area contributed by atoms with E-state index in [1.165, 1.54) is 25.8 Å². The Hall–Kier alpha value is -3.49. The second-order valence-electron chi connectivity index (χ2n) is 6.19. The Morgan fingerprint density at radius 1 is 1.19 bits per heavy atom. The van der Waals surface area contributed by atoms with Gasteiger partial charge >= 0.3 is 11.7 Å². The van der Waals surface area contributed by atoms with Crippen LogP contribution in [0.3, 0.4) is 0 Å². The third-order valence-electron chi connectivity index (χ3n) is 4.84. The lowest BCUT2D eigenvalue weighted by atomic mass is 9.82. The fraction of sp³-hybridized carbons (Fsp3) is 0.278. The van der Waals surface area contributed by atoms with Gasteiger partial charge < -0.3 is 19.5 Å². The number of fused-ring (bicyclic) bond motifs is 1. The van der Waals surface area contributed by atoms with Crippen LogP contribution in [0.15, 0.2) is 39.1 Å². The molecule has 3 heterocycles. The Bertz CT molecular complexity index is 1110. The molecule has 2 aliphatic heterocycles. The van der Waals surface area contributed by atoms with Crippen molar-refractivity contribution in [3.8, 4) is 11.5 Å². The normalized spacial score (nSPS) is 17.7. The van der Waals surface area contributed by atoms with E-state index >= 15 is 0 Å². The molecule has 4 rings (SSSR count). The summed E-state index contributed by atoms with van der Waals surface area (Å²) in [6.45, 7) is 0.0391. The van der Waals surface area contributed by atoms with Gasteiger partial charge in [-0.3, -0.25) is 14.3 Å². The van der Waals surface area contributed by atoms with E-state index in [0.29, 0.717) is 34.2 Å². The summed E-state index contributed by atoms with van der Waals surface area (Å²) in [5.74, 6) is -0.115. The van der Waals surface area contributed by atoms with Gasteiger partial charge in [-0.25, -0.2) is 9.59 Å². The molecule has 2 aromatic rings. The molecule has 9 heteroatoms. The number of benzene rings is 1. The van der Waals surface area contributed by atoms with Crippen LogP contribution >= 0.6 is 0 Å². The summed E-state index contributed by atoms with van der Waals surface area (Å²) in [5, 5.41) is 3.01. The van der Waals surface area contributed by atoms with Crippen LogP contribution in [0.1, 0.15) is 17.0 Å². The number of aromatic amines is 1. The molecular weight excluding hydrogens is 354 g/mol. The summed E-state index contributed by atoms with van der Waals surface area (Å²) in [6, 6.07) is 5.22. The molecule has 0 amide bonds. The average molecular weight is 371 g/mol. The van der Waals surface area contributed by atoms with Crippen molar-refractivity contribution in [2.75, 3.05) is 26.1 Å². The first-order chi connectivity index (χ1) is 13.0. The number of cyclic esters (lactones) is 1. The minimum absolute atomic E-state index is 0.0391. The SMILES string of the molecule is COc1cccc(C2C3=C(COC3=O)Nc3c2c(=O)[nH]c(=O)n3C)c1OC. The molecule has 1 atom stereocenters. The Labute approximate surface area is 153 Å². The van der Waals surface area contributed by atoms with E-state index in [2.05, 4.69) is 10.3 Å². The van der Waals surface area contributed by atoms with Crippen LogP contribution < -0.4 is 26.0 Å². The van der Waals surface area contributed by atoms with Crippen molar-refractivity contribution in [3.05, 3.63) is 61.4 Å². The molecule has 2 aliphatic rings. The summed E-state index contributed by atoms with van der Waals surface area (Å²) in [5.41, 5.74) is 0.496. The summed E-state index contributed by atoms with van der Waals surface area (Å²) < 4.78 is 17.3. The zero-order chi connectivity index (χ0) is 19.3. The van der Waals surface area contributed by atoms with Crippen molar-refractivity contribution in [2.24, 2.45) is 7.05 Å². The van der Waals surface area contributed by atoms with Crippen LogP contribution in [0, 0.1) is 0 Å². The smallest absolute Gasteiger partial charge is 0.337 e. The summed E-state index contributed by atoms with van der Waals surface area (Å²) >= 11 is 0. The van der Waals surface area contributed by atoms with Crippen LogP contribution in [0.5, 0.6) is 11.5 Å². The number of anilines is 1. The number of nitrogens with zero attached hydrogens (tertiary/aromatic N) is 1. The lowest BCUT2D eigenvalue weighted by Crippen LogP contribution is -2.37. The van der Waals surface area contributed by atoms with Gasteiger partial charge in [0.2, 0.25) is 0 Å². The molecule has 0 saturated heterocycles. The number of hydrogen-bond donors (Lipinski definition) is 2. The van der Waals surface area contributed by atoms with E-state index in [-0.39, 0.29) is 12.2 Å². The number of rotatable bonds is 3. The summed E-state index contributed by atoms with van der Waals surface area (Å²) in [6.07, 6.45) is 0. The molecular formula is C18H17N3O6. The highest BCUT2D eigenvalue weighted by atomic mass is 16.5. The molecule has 0 fully saturated rings. The molecule has 2 N–H and O–H groups in total. The predicted octanol–water partition coefficient (Wildman–Crippen LogP) is 0.459. The van der Waals surface area contributed by atoms with Gasteiger partial charge in [0, 0.05) is 12.6 Å². The number of carbonyl (C=O) groups excluding carboxylic acids is 1. The van der Waals surface area contributed by atoms with Gasteiger partial charge in [-0.1, -0.05) is 12.1 Å². The Morgan fingerprint density at radius 2 is 1.96 bits per heavy atom. The Balaban J connectivity index is 2.09. The molecule has 0 radical (unpaired) electrons. The monoisotopic (exact) mass is 371 g/mol. The number of methoxy groups -OCH3 is 2. The number of aromatic nitrogens is 2. The van der Waals surface area contributed by atoms with Crippen molar-refractivity contribution in [1.29, 1.82) is 0 Å². The zero-order valence-electron chi connectivity index (χ0n) is 14.9. The fourth-order valence-electron chi connectivity index (χ4n) is 3.61. The number of nitrogens with one attached hydrogen (secondary N) is 2. The zero-order valence-corrected chi connectivity index (χ0v) is 14.9. The van der Waals surface area contributed by atoms with Crippen LogP contribution in [-0.4, -0.2) is 36.3 Å². The molecule has 0 spiro atoms. The molecule has 1 aromatic carbocycles. The minimum Gasteiger partial charge on any atom is -0.493 e. The maximum atomic E-state index is 12.7. The lowest BCUT2D eigenvalue weighted by Gasteiger charge is -2.28. The number of ether oxygens (including phenoxy) is 3. The topological polar surface area (TPSA) is 112 Å². The highest BCUT2D eigenvalue weighted by molar-refractivity contribution is 5.97. The molecule has 0 aliphatic carbocycles. The van der Waals surface area contributed by atoms with Crippen LogP contribution in [-0.2, 0) is 16.6 Å². The number of H-pyrrole nitrogens is 1. The van der Waals surface area contributed by atoms with Crippen molar-refractivity contribution in [1.82, 2.24) is 9.55 Å². The lowest BCUT2D eigenvalue weighted by molar-refractivity contribution is -0.136. The van der Waals surface area contributed by atoms with Crippen molar-refractivity contribution >= 4 is 11.8 Å². The number of para-hydroxylation sites is 1. The van der Waals surface area contributed by atoms with E-state index < -0.39 is 23.1 Å². The highest BCUT2D eigenvalue weighted by Gasteiger charge is 2.42. The summed E-state index contributed by atoms with van der Waals surface area (Å²) in [7, 11) is 4.52. The highest BCUT2D eigenvalue weighted by Crippen LogP contribution is 2.47. The van der Waals surface area contributed by atoms with Crippen molar-refractivity contribution < 1.29 is 19.0 Å². The number of esters is 1. The molecule has 1 aromatic heterocycles. The van der Waals surface area contributed by atoms with Gasteiger partial charge in [-0.2, -0.15) is 0 Å². The quantitative estimate of drug-likeness (QED) is 0.754. The largest absolute Gasteiger partial charge is 0.493 e. The third-order valence-corrected chi connectivity index (χ3v) is 4.84. The maximum Gasteiger partial charge on any atom is 0.337 e. The Kier molecular flexibility index (Phi) is 3.79. The summed E-state index contributed by atoms with van der Waals surface area (Å²) in [4.78, 5) is 39.5. The molecule has 27 heavy (non-hydrogen) atoms. The number of carbonyl (C=O) groups is 1. The first-order valence-electron chi connectivity index (χ1n) is 8.19. The van der Waals surface area contributed by atoms with Crippen LogP contribution in [0.25, 0.3) is 0 Å². The van der Waals surface area contributed by atoms with Gasteiger partial charge in [0.05, 0.1) is 37.0 Å². The van der Waals surface area contributed by atoms with Crippen molar-refractivity contribution in [3.63, 3.8) is 0 Å². The van der Waals surface area contributed by atoms with Gasteiger partial charge in [0.15, 0.2) is 11.5 Å². The second-order valence-corrected chi connectivity index (χ2v) is 6.19. The van der Waals surface area contributed by atoms with E-state index in [9.17, 15) is 14.4 Å². The van der Waals surface area contributed by atoms with Crippen LogP contribution in [0.2, 0.25) is 0 Å². The molecule has 0 saturated carbocycles. The maximum absolute atomic E-state index is 12.7. The van der Waals surface area contributed by atoms with Gasteiger partial charge in [0.25, 0.3) is 5.56 Å². The standard InChI is InChI=1S/C18H17N3O6/c1-21-15-13(16(22)20-18(21)24)11(12-9(19-15)7-27-17(12)23)8-5-4-6-10(25-2)14(8)26-3/h4-6,11,19H,7H2,1-3H3,(H,20,22,24). The van der Waals surface area contributed by atoms with Gasteiger partial charge in [-0.15, -0.1) is 0 Å². The van der Waals surface area contributed by atoms with Gasteiger partial charge in [0.1, 0.15) is 12.4 Å². The molecule has 140 valence electrons. The predicted molar refractivity (Wildman–Crippen MR) is 95.3 cm³/mol. The third kappa shape index (κ3) is 2.35. The molecule has 0 bridgehead atoms.